The summed E-state index contributed by atoms with van der Waals surface area (Å²) >= 11 is 6.66. The van der Waals surface area contributed by atoms with Crippen LogP contribution >= 0.6 is 11.6 Å². The second-order valence-corrected chi connectivity index (χ2v) is 10.6. The number of carbonyl (C=O) groups is 1. The molecule has 0 bridgehead atoms. The molecule has 1 N–H and O–H groups in total. The summed E-state index contributed by atoms with van der Waals surface area (Å²) in [7, 11) is 0. The average molecular weight is 475 g/mol. The van der Waals surface area contributed by atoms with Gasteiger partial charge in [-0.05, 0) is 79.5 Å². The Labute approximate surface area is 205 Å². The van der Waals surface area contributed by atoms with Crippen LogP contribution in [0.2, 0.25) is 5.02 Å². The smallest absolute Gasteiger partial charge is 0.226 e. The lowest BCUT2D eigenvalue weighted by atomic mass is 9.88. The minimum absolute atomic E-state index is 0.189. The van der Waals surface area contributed by atoms with Gasteiger partial charge in [0.15, 0.2) is 0 Å². The number of nitrogens with one attached hydrogen (secondary N) is 1. The van der Waals surface area contributed by atoms with Crippen LogP contribution in [-0.2, 0) is 11.3 Å². The van der Waals surface area contributed by atoms with E-state index in [2.05, 4.69) is 50.5 Å². The molecule has 6 heteroatoms. The zero-order valence-corrected chi connectivity index (χ0v) is 20.2. The Bertz CT molecular complexity index is 1210. The topological polar surface area (TPSA) is 58.1 Å². The van der Waals surface area contributed by atoms with Gasteiger partial charge in [-0.25, -0.2) is 9.97 Å². The van der Waals surface area contributed by atoms with Crippen LogP contribution in [0.3, 0.4) is 0 Å². The molecule has 2 aromatic carbocycles. The van der Waals surface area contributed by atoms with Crippen molar-refractivity contribution in [3.63, 3.8) is 0 Å². The van der Waals surface area contributed by atoms with Crippen molar-refractivity contribution in [3.8, 4) is 11.1 Å². The molecule has 1 amide bonds. The fourth-order valence-electron chi connectivity index (χ4n) is 5.19. The predicted octanol–water partition coefficient (Wildman–Crippen LogP) is 6.60. The summed E-state index contributed by atoms with van der Waals surface area (Å²) in [6, 6.07) is 13.4. The first-order valence-electron chi connectivity index (χ1n) is 12.8. The third kappa shape index (κ3) is 4.63. The maximum absolute atomic E-state index is 13.4. The molecule has 0 atom stereocenters. The van der Waals surface area contributed by atoms with Crippen molar-refractivity contribution in [3.05, 3.63) is 53.3 Å². The molecule has 5 nitrogen and oxygen atoms in total. The molecule has 3 fully saturated rings. The summed E-state index contributed by atoms with van der Waals surface area (Å²) in [6.07, 6.45) is 11.9. The van der Waals surface area contributed by atoms with E-state index in [0.717, 1.165) is 64.1 Å². The molecule has 3 saturated carbocycles. The molecule has 3 aliphatic rings. The largest absolute Gasteiger partial charge is 0.367 e. The molecule has 3 aromatic rings. The third-order valence-electron chi connectivity index (χ3n) is 7.50. The van der Waals surface area contributed by atoms with Gasteiger partial charge < -0.3 is 10.2 Å². The van der Waals surface area contributed by atoms with Crippen LogP contribution in [0.25, 0.3) is 22.0 Å². The molecule has 3 aliphatic carbocycles. The number of benzene rings is 2. The van der Waals surface area contributed by atoms with Gasteiger partial charge in [-0.2, -0.15) is 0 Å². The van der Waals surface area contributed by atoms with Gasteiger partial charge in [0.25, 0.3) is 0 Å². The number of nitrogens with zero attached hydrogens (tertiary/aromatic N) is 3. The van der Waals surface area contributed by atoms with E-state index in [4.69, 9.17) is 11.6 Å². The number of halogens is 1. The van der Waals surface area contributed by atoms with E-state index >= 15 is 0 Å². The minimum atomic E-state index is 0.189. The molecule has 0 aliphatic heterocycles. The Kier molecular flexibility index (Phi) is 5.90. The zero-order valence-electron chi connectivity index (χ0n) is 19.5. The fourth-order valence-corrected chi connectivity index (χ4v) is 5.37. The van der Waals surface area contributed by atoms with Crippen LogP contribution in [0.1, 0.15) is 63.4 Å². The van der Waals surface area contributed by atoms with Crippen molar-refractivity contribution in [2.75, 3.05) is 5.32 Å². The number of hydrogen-bond acceptors (Lipinski definition) is 4. The summed E-state index contributed by atoms with van der Waals surface area (Å²) in [4.78, 5) is 24.5. The van der Waals surface area contributed by atoms with Crippen LogP contribution in [-0.4, -0.2) is 32.9 Å². The van der Waals surface area contributed by atoms with Crippen molar-refractivity contribution >= 4 is 34.2 Å². The number of aromatic nitrogens is 2. The van der Waals surface area contributed by atoms with E-state index in [1.807, 2.05) is 6.07 Å². The number of anilines is 1. The minimum Gasteiger partial charge on any atom is -0.367 e. The van der Waals surface area contributed by atoms with Gasteiger partial charge in [0.2, 0.25) is 5.91 Å². The van der Waals surface area contributed by atoms with Crippen molar-refractivity contribution in [1.82, 2.24) is 14.9 Å². The number of fused-ring (bicyclic) bond motifs is 1. The first-order chi connectivity index (χ1) is 16.7. The second-order valence-electron chi connectivity index (χ2n) is 10.2. The van der Waals surface area contributed by atoms with Crippen molar-refractivity contribution in [2.24, 2.45) is 5.92 Å². The Hall–Kier alpha value is -2.66. The van der Waals surface area contributed by atoms with Gasteiger partial charge in [-0.1, -0.05) is 43.0 Å². The number of carbonyl (C=O) groups excluding carboxylic acids is 1. The first kappa shape index (κ1) is 21.8. The summed E-state index contributed by atoms with van der Waals surface area (Å²) in [5.74, 6) is 1.43. The highest BCUT2D eigenvalue weighted by Gasteiger charge is 2.36. The van der Waals surface area contributed by atoms with Crippen LogP contribution in [0.5, 0.6) is 0 Å². The zero-order chi connectivity index (χ0) is 23.1. The van der Waals surface area contributed by atoms with Crippen LogP contribution in [0.15, 0.2) is 42.7 Å². The molecule has 176 valence electrons. The molecule has 34 heavy (non-hydrogen) atoms. The Morgan fingerprint density at radius 3 is 2.47 bits per heavy atom. The Morgan fingerprint density at radius 2 is 1.71 bits per heavy atom. The monoisotopic (exact) mass is 474 g/mol. The Balaban J connectivity index is 1.29. The summed E-state index contributed by atoms with van der Waals surface area (Å²) in [6.45, 7) is 0.595. The molecule has 0 unspecified atom stereocenters. The van der Waals surface area contributed by atoms with Crippen LogP contribution in [0, 0.1) is 5.92 Å². The maximum Gasteiger partial charge on any atom is 0.226 e. The van der Waals surface area contributed by atoms with Crippen molar-refractivity contribution in [2.45, 2.75) is 76.4 Å². The summed E-state index contributed by atoms with van der Waals surface area (Å²) < 4.78 is 0. The Morgan fingerprint density at radius 1 is 0.941 bits per heavy atom. The van der Waals surface area contributed by atoms with Gasteiger partial charge in [-0.15, -0.1) is 0 Å². The van der Waals surface area contributed by atoms with Gasteiger partial charge >= 0.3 is 0 Å². The number of amides is 1. The highest BCUT2D eigenvalue weighted by molar-refractivity contribution is 6.31. The molecule has 0 radical (unpaired) electrons. The third-order valence-corrected chi connectivity index (χ3v) is 7.87. The van der Waals surface area contributed by atoms with E-state index in [1.165, 1.54) is 32.1 Å². The number of rotatable bonds is 7. The standard InChI is InChI=1S/C28H31ClN4O/c29-25-12-6-19(20-7-13-26-24(15-20)27(31-17-30-26)32-22-8-9-22)14-21(25)16-33(23-10-11-23)28(34)18-4-2-1-3-5-18/h6-7,12-15,17-18,22-23H,1-5,8-11,16H2,(H,30,31,32). The summed E-state index contributed by atoms with van der Waals surface area (Å²) in [5.41, 5.74) is 4.17. The highest BCUT2D eigenvalue weighted by Crippen LogP contribution is 2.36. The SMILES string of the molecule is O=C(C1CCCCC1)N(Cc1cc(-c2ccc3ncnc(NC4CC4)c3c2)ccc1Cl)C1CC1. The quantitative estimate of drug-likeness (QED) is 0.419. The van der Waals surface area contributed by atoms with Crippen LogP contribution < -0.4 is 5.32 Å². The lowest BCUT2D eigenvalue weighted by Crippen LogP contribution is -2.38. The second kappa shape index (κ2) is 9.18. The van der Waals surface area contributed by atoms with Gasteiger partial charge in [-0.3, -0.25) is 4.79 Å². The molecular weight excluding hydrogens is 444 g/mol. The van der Waals surface area contributed by atoms with Gasteiger partial charge in [0.05, 0.1) is 5.52 Å². The summed E-state index contributed by atoms with van der Waals surface area (Å²) in [5, 5.41) is 5.30. The molecule has 1 aromatic heterocycles. The normalized spacial score (nSPS) is 18.7. The van der Waals surface area contributed by atoms with E-state index in [9.17, 15) is 4.79 Å². The molecular formula is C28H31ClN4O. The van der Waals surface area contributed by atoms with Crippen molar-refractivity contribution in [1.29, 1.82) is 0 Å². The maximum atomic E-state index is 13.4. The molecule has 0 spiro atoms. The lowest BCUT2D eigenvalue weighted by Gasteiger charge is -2.30. The van der Waals surface area contributed by atoms with E-state index < -0.39 is 0 Å². The fraction of sp³-hybridized carbons (Fsp3) is 0.464. The van der Waals surface area contributed by atoms with Gasteiger partial charge in [0, 0.05) is 35.0 Å². The molecule has 6 rings (SSSR count). The average Bonchev–Trinajstić information content (AvgIpc) is 3.79. The van der Waals surface area contributed by atoms with Crippen molar-refractivity contribution < 1.29 is 4.79 Å². The highest BCUT2D eigenvalue weighted by atomic mass is 35.5. The van der Waals surface area contributed by atoms with E-state index in [1.54, 1.807) is 6.33 Å². The lowest BCUT2D eigenvalue weighted by molar-refractivity contribution is -0.137. The first-order valence-corrected chi connectivity index (χ1v) is 13.1. The number of hydrogen-bond donors (Lipinski definition) is 1. The van der Waals surface area contributed by atoms with E-state index in [0.29, 0.717) is 24.5 Å². The predicted molar refractivity (Wildman–Crippen MR) is 137 cm³/mol. The van der Waals surface area contributed by atoms with E-state index in [-0.39, 0.29) is 5.92 Å². The van der Waals surface area contributed by atoms with Gasteiger partial charge in [0.1, 0.15) is 12.1 Å². The molecule has 0 saturated heterocycles. The molecule has 1 heterocycles. The van der Waals surface area contributed by atoms with Crippen LogP contribution in [0.4, 0.5) is 5.82 Å².